The second-order valence-corrected chi connectivity index (χ2v) is 16.7. The number of nitrogens with zero attached hydrogens (tertiary/aromatic N) is 7. The van der Waals surface area contributed by atoms with Crippen molar-refractivity contribution in [2.24, 2.45) is 5.92 Å². The standard InChI is InChI=1S/C45H51F2N11O7/c1-24(2)57-25(3)52-40-30(46)19-28(20-34(40)57)39-31(47)22-51-45(55-39)53-35-9-7-27(21-50-35)41(61)26-11-15-56(16-12-26)23-37(60)49-14-18-65-17-13-48-32-6-4-5-29-38(32)44(64)58(43(29)63)33-8-10-36(59)54-42(33)62/h4-7,9,19-22,24,26,33,36,41,48,59,61H,8,10-18,23H2,1-3H3,(H,49,60)(H,54,62)(H,50,51,53,55)/t33?,36?,41-/m1/s1. The summed E-state index contributed by atoms with van der Waals surface area (Å²) in [5.41, 5.74) is 2.37. The minimum Gasteiger partial charge on any atom is -0.388 e. The molecule has 0 spiro atoms. The number of anilines is 3. The van der Waals surface area contributed by atoms with E-state index in [9.17, 15) is 29.4 Å². The Balaban J connectivity index is 0.744. The number of aromatic nitrogens is 5. The lowest BCUT2D eigenvalue weighted by Crippen LogP contribution is -2.55. The Kier molecular flexibility index (Phi) is 13.4. The summed E-state index contributed by atoms with van der Waals surface area (Å²) in [5.74, 6) is -2.11. The quantitative estimate of drug-likeness (QED) is 0.0609. The van der Waals surface area contributed by atoms with Gasteiger partial charge in [0.1, 0.15) is 35.1 Å². The number of fused-ring (bicyclic) bond motifs is 2. The first-order valence-corrected chi connectivity index (χ1v) is 21.7. The summed E-state index contributed by atoms with van der Waals surface area (Å²) in [6, 6.07) is 10.2. The van der Waals surface area contributed by atoms with Gasteiger partial charge >= 0.3 is 0 Å². The van der Waals surface area contributed by atoms with Crippen LogP contribution < -0.4 is 21.3 Å². The van der Waals surface area contributed by atoms with Crippen LogP contribution in [0.25, 0.3) is 22.3 Å². The normalized spacial score (nSPS) is 18.6. The second kappa shape index (κ2) is 19.3. The van der Waals surface area contributed by atoms with E-state index in [0.717, 1.165) is 11.1 Å². The fourth-order valence-electron chi connectivity index (χ4n) is 8.80. The molecule has 4 amide bonds. The first-order valence-electron chi connectivity index (χ1n) is 21.7. The van der Waals surface area contributed by atoms with Gasteiger partial charge in [0.05, 0.1) is 48.7 Å². The van der Waals surface area contributed by atoms with E-state index >= 15 is 8.78 Å². The third-order valence-electron chi connectivity index (χ3n) is 12.0. The van der Waals surface area contributed by atoms with Crippen LogP contribution >= 0.6 is 0 Å². The van der Waals surface area contributed by atoms with Gasteiger partial charge in [0, 0.05) is 36.6 Å². The lowest BCUT2D eigenvalue weighted by Gasteiger charge is -2.33. The largest absolute Gasteiger partial charge is 0.388 e. The number of imidazole rings is 1. The lowest BCUT2D eigenvalue weighted by atomic mass is 9.88. The number of piperidine rings is 2. The minimum absolute atomic E-state index is 0.00691. The number of likely N-dealkylation sites (tertiary alicyclic amines) is 1. The number of hydrogen-bond donors (Lipinski definition) is 6. The number of carbonyl (C=O) groups excluding carboxylic acids is 4. The van der Waals surface area contributed by atoms with E-state index in [0.29, 0.717) is 67.4 Å². The monoisotopic (exact) mass is 895 g/mol. The number of pyridine rings is 1. The molecule has 2 aromatic carbocycles. The van der Waals surface area contributed by atoms with Crippen molar-refractivity contribution in [3.05, 3.63) is 89.0 Å². The van der Waals surface area contributed by atoms with Crippen LogP contribution in [0.1, 0.15) is 83.8 Å². The Morgan fingerprint density at radius 3 is 2.48 bits per heavy atom. The van der Waals surface area contributed by atoms with E-state index in [2.05, 4.69) is 41.2 Å². The van der Waals surface area contributed by atoms with E-state index in [1.165, 1.54) is 6.07 Å². The molecule has 3 atom stereocenters. The van der Waals surface area contributed by atoms with Gasteiger partial charge in [-0.25, -0.2) is 28.7 Å². The molecule has 0 radical (unpaired) electrons. The summed E-state index contributed by atoms with van der Waals surface area (Å²) in [6.45, 7) is 8.30. The number of rotatable bonds is 16. The number of imide groups is 1. The highest BCUT2D eigenvalue weighted by Crippen LogP contribution is 2.34. The van der Waals surface area contributed by atoms with Crippen LogP contribution in [0.5, 0.6) is 0 Å². The average molecular weight is 896 g/mol. The molecule has 8 rings (SSSR count). The zero-order valence-electron chi connectivity index (χ0n) is 36.2. The van der Waals surface area contributed by atoms with Gasteiger partial charge in [0.15, 0.2) is 11.6 Å². The van der Waals surface area contributed by atoms with Crippen LogP contribution in [0.15, 0.2) is 54.9 Å². The van der Waals surface area contributed by atoms with Crippen molar-refractivity contribution in [1.29, 1.82) is 0 Å². The molecule has 0 aliphatic carbocycles. The van der Waals surface area contributed by atoms with Gasteiger partial charge in [0.2, 0.25) is 17.8 Å². The number of carbonyl (C=O) groups is 4. The highest BCUT2D eigenvalue weighted by molar-refractivity contribution is 6.25. The summed E-state index contributed by atoms with van der Waals surface area (Å²) < 4.78 is 37.7. The number of aliphatic hydroxyl groups is 2. The molecule has 6 heterocycles. The molecule has 2 saturated heterocycles. The van der Waals surface area contributed by atoms with Crippen molar-refractivity contribution in [2.45, 2.75) is 70.9 Å². The molecule has 3 aliphatic rings. The highest BCUT2D eigenvalue weighted by Gasteiger charge is 2.45. The molecule has 0 saturated carbocycles. The Morgan fingerprint density at radius 2 is 1.74 bits per heavy atom. The van der Waals surface area contributed by atoms with Crippen molar-refractivity contribution in [3.63, 3.8) is 0 Å². The van der Waals surface area contributed by atoms with Crippen molar-refractivity contribution >= 4 is 52.1 Å². The zero-order valence-corrected chi connectivity index (χ0v) is 36.2. The van der Waals surface area contributed by atoms with E-state index in [1.807, 2.05) is 23.3 Å². The minimum atomic E-state index is -1.01. The van der Waals surface area contributed by atoms with Crippen LogP contribution in [-0.4, -0.2) is 126 Å². The molecule has 20 heteroatoms. The molecule has 3 aliphatic heterocycles. The topological polar surface area (TPSA) is 229 Å². The maximum Gasteiger partial charge on any atom is 0.264 e. The molecule has 18 nitrogen and oxygen atoms in total. The number of hydrogen-bond acceptors (Lipinski definition) is 14. The van der Waals surface area contributed by atoms with Crippen LogP contribution in [0.3, 0.4) is 0 Å². The predicted molar refractivity (Wildman–Crippen MR) is 234 cm³/mol. The van der Waals surface area contributed by atoms with E-state index < -0.39 is 47.7 Å². The second-order valence-electron chi connectivity index (χ2n) is 16.7. The third kappa shape index (κ3) is 9.65. The van der Waals surface area contributed by atoms with Crippen molar-refractivity contribution in [3.8, 4) is 11.3 Å². The Bertz CT molecular complexity index is 2600. The Morgan fingerprint density at radius 1 is 0.954 bits per heavy atom. The van der Waals surface area contributed by atoms with Gasteiger partial charge < -0.3 is 40.8 Å². The van der Waals surface area contributed by atoms with Crippen LogP contribution in [-0.2, 0) is 14.3 Å². The molecular formula is C45H51F2N11O7. The molecule has 6 N–H and O–H groups in total. The first-order chi connectivity index (χ1) is 31.3. The average Bonchev–Trinajstić information content (AvgIpc) is 3.76. The SMILES string of the molecule is Cc1nc2c(F)cc(-c3nc(Nc4ccc([C@H](O)C5CCN(CC(=O)NCCOCCNc6cccc7c6C(=O)N(C6CCC(O)NC6=O)C7=O)CC5)cn4)ncc3F)cc2n1C(C)C. The fraction of sp³-hybridized carbons (Fsp3) is 0.422. The predicted octanol–water partition coefficient (Wildman–Crippen LogP) is 3.98. The number of ether oxygens (including phenoxy) is 1. The zero-order chi connectivity index (χ0) is 45.9. The number of nitrogens with one attached hydrogen (secondary N) is 4. The smallest absolute Gasteiger partial charge is 0.264 e. The van der Waals surface area contributed by atoms with E-state index in [-0.39, 0.29) is 84.3 Å². The summed E-state index contributed by atoms with van der Waals surface area (Å²) in [4.78, 5) is 71.7. The molecule has 65 heavy (non-hydrogen) atoms. The number of aryl methyl sites for hydroxylation is 1. The van der Waals surface area contributed by atoms with Crippen LogP contribution in [0, 0.1) is 24.5 Å². The summed E-state index contributed by atoms with van der Waals surface area (Å²) in [5, 5.41) is 32.3. The number of amides is 4. The van der Waals surface area contributed by atoms with Gasteiger partial charge in [-0.05, 0) is 101 Å². The van der Waals surface area contributed by atoms with Crippen molar-refractivity contribution < 1.29 is 42.9 Å². The van der Waals surface area contributed by atoms with Crippen LogP contribution in [0.2, 0.25) is 0 Å². The molecular weight excluding hydrogens is 845 g/mol. The Labute approximate surface area is 372 Å². The number of halogens is 2. The van der Waals surface area contributed by atoms with Gasteiger partial charge in [0.25, 0.3) is 11.8 Å². The summed E-state index contributed by atoms with van der Waals surface area (Å²) in [7, 11) is 0. The van der Waals surface area contributed by atoms with Gasteiger partial charge in [-0.3, -0.25) is 29.0 Å². The third-order valence-corrected chi connectivity index (χ3v) is 12.0. The molecule has 2 fully saturated rings. The van der Waals surface area contributed by atoms with Crippen LogP contribution in [0.4, 0.5) is 26.2 Å². The first kappa shape index (κ1) is 45.1. The number of benzene rings is 2. The fourth-order valence-corrected chi connectivity index (χ4v) is 8.80. The lowest BCUT2D eigenvalue weighted by molar-refractivity contribution is -0.131. The van der Waals surface area contributed by atoms with Gasteiger partial charge in [-0.1, -0.05) is 12.1 Å². The van der Waals surface area contributed by atoms with E-state index in [1.54, 1.807) is 49.5 Å². The highest BCUT2D eigenvalue weighted by atomic mass is 19.1. The van der Waals surface area contributed by atoms with Crippen molar-refractivity contribution in [2.75, 3.05) is 56.6 Å². The molecule has 5 aromatic rings. The van der Waals surface area contributed by atoms with Gasteiger partial charge in [-0.15, -0.1) is 0 Å². The maximum atomic E-state index is 15.1. The molecule has 2 unspecified atom stereocenters. The number of aliphatic hydroxyl groups excluding tert-OH is 2. The summed E-state index contributed by atoms with van der Waals surface area (Å²) >= 11 is 0. The van der Waals surface area contributed by atoms with E-state index in [4.69, 9.17) is 4.74 Å². The summed E-state index contributed by atoms with van der Waals surface area (Å²) in [6.07, 6.45) is 2.54. The van der Waals surface area contributed by atoms with Crippen molar-refractivity contribution in [1.82, 2.24) is 44.9 Å². The Hall–Kier alpha value is -6.48. The maximum absolute atomic E-state index is 15.1. The molecule has 3 aromatic heterocycles. The molecule has 0 bridgehead atoms. The van der Waals surface area contributed by atoms with Gasteiger partial charge in [-0.2, -0.15) is 0 Å². The molecule has 342 valence electrons.